The summed E-state index contributed by atoms with van der Waals surface area (Å²) in [5, 5.41) is 4.53. The van der Waals surface area contributed by atoms with Gasteiger partial charge in [0, 0.05) is 17.4 Å². The predicted molar refractivity (Wildman–Crippen MR) is 117 cm³/mol. The van der Waals surface area contributed by atoms with Crippen LogP contribution in [0.2, 0.25) is 0 Å². The highest BCUT2D eigenvalue weighted by molar-refractivity contribution is 5.87. The Hall–Kier alpha value is -3.52. The Labute approximate surface area is 182 Å². The lowest BCUT2D eigenvalue weighted by Crippen LogP contribution is -2.21. The van der Waals surface area contributed by atoms with Gasteiger partial charge in [0.25, 0.3) is 0 Å². The zero-order chi connectivity index (χ0) is 22.5. The molecule has 1 aliphatic heterocycles. The summed E-state index contributed by atoms with van der Waals surface area (Å²) in [6.45, 7) is 1.82. The lowest BCUT2D eigenvalue weighted by atomic mass is 10.1. The zero-order valence-electron chi connectivity index (χ0n) is 17.1. The second kappa shape index (κ2) is 7.56. The number of fused-ring (bicyclic) bond motifs is 3. The van der Waals surface area contributed by atoms with Crippen LogP contribution in [0.1, 0.15) is 16.8 Å². The molecule has 5 rings (SSSR count). The van der Waals surface area contributed by atoms with Crippen molar-refractivity contribution in [1.29, 1.82) is 0 Å². The van der Waals surface area contributed by atoms with Gasteiger partial charge in [0.1, 0.15) is 0 Å². The molecule has 5 nitrogen and oxygen atoms in total. The Bertz CT molecular complexity index is 1370. The summed E-state index contributed by atoms with van der Waals surface area (Å²) in [5.74, 6) is 0. The molecular weight excluding hydrogens is 417 g/mol. The van der Waals surface area contributed by atoms with Crippen molar-refractivity contribution in [3.8, 4) is 16.9 Å². The Morgan fingerprint density at radius 3 is 2.47 bits per heavy atom. The molecule has 0 saturated heterocycles. The molecule has 1 aliphatic rings. The van der Waals surface area contributed by atoms with Crippen molar-refractivity contribution >= 4 is 10.9 Å². The predicted octanol–water partition coefficient (Wildman–Crippen LogP) is 4.20. The van der Waals surface area contributed by atoms with Gasteiger partial charge in [-0.05, 0) is 50.2 Å². The van der Waals surface area contributed by atoms with Crippen LogP contribution in [-0.4, -0.2) is 27.2 Å². The van der Waals surface area contributed by atoms with E-state index < -0.39 is 17.4 Å². The number of nitrogens with zero attached hydrogens (tertiary/aromatic N) is 3. The van der Waals surface area contributed by atoms with E-state index in [1.807, 2.05) is 22.8 Å². The van der Waals surface area contributed by atoms with Gasteiger partial charge < -0.3 is 9.88 Å². The molecule has 2 aromatic heterocycles. The molecule has 0 radical (unpaired) electrons. The summed E-state index contributed by atoms with van der Waals surface area (Å²) >= 11 is 0. The molecule has 164 valence electrons. The Kier molecular flexibility index (Phi) is 4.82. The minimum atomic E-state index is -4.41. The van der Waals surface area contributed by atoms with Crippen molar-refractivity contribution in [2.24, 2.45) is 0 Å². The van der Waals surface area contributed by atoms with Crippen LogP contribution in [0.5, 0.6) is 0 Å². The molecule has 8 heteroatoms. The van der Waals surface area contributed by atoms with Crippen LogP contribution in [0.25, 0.3) is 27.8 Å². The number of benzene rings is 2. The normalized spacial score (nSPS) is 14.3. The number of hydrogen-bond acceptors (Lipinski definition) is 3. The van der Waals surface area contributed by atoms with Crippen molar-refractivity contribution in [2.45, 2.75) is 19.0 Å². The van der Waals surface area contributed by atoms with E-state index in [0.717, 1.165) is 49.0 Å². The van der Waals surface area contributed by atoms with Gasteiger partial charge >= 0.3 is 11.9 Å². The summed E-state index contributed by atoms with van der Waals surface area (Å²) in [4.78, 5) is 16.8. The molecular formula is C24H20F3N4O-. The second-order valence-electron chi connectivity index (χ2n) is 7.85. The first-order valence-corrected chi connectivity index (χ1v) is 10.3. The quantitative estimate of drug-likeness (QED) is 0.478. The fourth-order valence-electron chi connectivity index (χ4n) is 4.31. The van der Waals surface area contributed by atoms with Gasteiger partial charge in [-0.15, -0.1) is 7.05 Å². The number of rotatable bonds is 2. The first-order chi connectivity index (χ1) is 15.3. The SMILES string of the molecule is [CH2-]n1c2c(c3ccc(-n4ccc(-c5ccc(C(F)(F)F)cc5)nc4=O)cc31)CCNCC2. The first kappa shape index (κ1) is 20.4. The summed E-state index contributed by atoms with van der Waals surface area (Å²) in [5.41, 5.74) is 3.61. The van der Waals surface area contributed by atoms with E-state index in [-0.39, 0.29) is 0 Å². The Balaban J connectivity index is 1.52. The van der Waals surface area contributed by atoms with E-state index in [0.29, 0.717) is 16.9 Å². The van der Waals surface area contributed by atoms with Crippen molar-refractivity contribution in [2.75, 3.05) is 13.1 Å². The molecule has 0 atom stereocenters. The molecule has 0 fully saturated rings. The van der Waals surface area contributed by atoms with Gasteiger partial charge in [0.15, 0.2) is 0 Å². The maximum atomic E-state index is 12.8. The molecule has 4 aromatic rings. The number of alkyl halides is 3. The zero-order valence-corrected chi connectivity index (χ0v) is 17.1. The largest absolute Gasteiger partial charge is 0.484 e. The summed E-state index contributed by atoms with van der Waals surface area (Å²) in [6, 6.07) is 12.0. The van der Waals surface area contributed by atoms with Gasteiger partial charge in [-0.25, -0.2) is 4.79 Å². The third kappa shape index (κ3) is 3.46. The lowest BCUT2D eigenvalue weighted by molar-refractivity contribution is -0.137. The van der Waals surface area contributed by atoms with E-state index >= 15 is 0 Å². The van der Waals surface area contributed by atoms with Crippen LogP contribution in [-0.2, 0) is 19.0 Å². The fraction of sp³-hybridized carbons (Fsp3) is 0.208. The van der Waals surface area contributed by atoms with Crippen LogP contribution in [0, 0.1) is 7.05 Å². The van der Waals surface area contributed by atoms with Crippen LogP contribution < -0.4 is 11.0 Å². The van der Waals surface area contributed by atoms with Gasteiger partial charge in [-0.1, -0.05) is 46.4 Å². The summed E-state index contributed by atoms with van der Waals surface area (Å²) in [7, 11) is 4.20. The molecule has 0 saturated carbocycles. The number of nitrogens with one attached hydrogen (secondary N) is 1. The maximum Gasteiger partial charge on any atom is 0.416 e. The monoisotopic (exact) mass is 437 g/mol. The number of hydrogen-bond donors (Lipinski definition) is 1. The van der Waals surface area contributed by atoms with Gasteiger partial charge in [0.05, 0.1) is 11.3 Å². The molecule has 3 heterocycles. The molecule has 0 amide bonds. The number of aromatic nitrogens is 3. The van der Waals surface area contributed by atoms with E-state index in [2.05, 4.69) is 17.3 Å². The average Bonchev–Trinajstić information content (AvgIpc) is 2.93. The second-order valence-corrected chi connectivity index (χ2v) is 7.85. The maximum absolute atomic E-state index is 12.8. The van der Waals surface area contributed by atoms with Crippen molar-refractivity contribution in [3.05, 3.63) is 89.1 Å². The highest BCUT2D eigenvalue weighted by Crippen LogP contribution is 2.31. The average molecular weight is 437 g/mol. The fourth-order valence-corrected chi connectivity index (χ4v) is 4.31. The third-order valence-corrected chi connectivity index (χ3v) is 5.95. The molecule has 0 bridgehead atoms. The van der Waals surface area contributed by atoms with Crippen LogP contribution in [0.15, 0.2) is 59.5 Å². The molecule has 0 aliphatic carbocycles. The van der Waals surface area contributed by atoms with Crippen molar-refractivity contribution in [3.63, 3.8) is 0 Å². The minimum Gasteiger partial charge on any atom is -0.484 e. The minimum absolute atomic E-state index is 0.320. The molecule has 2 aromatic carbocycles. The standard InChI is InChI=1S/C24H20F3N4O/c1-30-21-9-12-28-11-8-19(21)18-7-6-17(14-22(18)30)31-13-10-20(29-23(31)32)15-2-4-16(5-3-15)24(25,26)27/h2-7,10,13-14,28H,1,8-9,11-12H2/q-1. The summed E-state index contributed by atoms with van der Waals surface area (Å²) in [6.07, 6.45) is -0.993. The molecule has 32 heavy (non-hydrogen) atoms. The van der Waals surface area contributed by atoms with E-state index in [4.69, 9.17) is 0 Å². The third-order valence-electron chi connectivity index (χ3n) is 5.95. The van der Waals surface area contributed by atoms with Crippen LogP contribution >= 0.6 is 0 Å². The Morgan fingerprint density at radius 2 is 1.75 bits per heavy atom. The van der Waals surface area contributed by atoms with E-state index in [1.165, 1.54) is 28.0 Å². The van der Waals surface area contributed by atoms with E-state index in [9.17, 15) is 18.0 Å². The van der Waals surface area contributed by atoms with Crippen molar-refractivity contribution < 1.29 is 13.2 Å². The van der Waals surface area contributed by atoms with Gasteiger partial charge in [-0.3, -0.25) is 4.57 Å². The summed E-state index contributed by atoms with van der Waals surface area (Å²) < 4.78 is 41.7. The number of halogens is 3. The Morgan fingerprint density at radius 1 is 1.00 bits per heavy atom. The lowest BCUT2D eigenvalue weighted by Gasteiger charge is -2.14. The highest BCUT2D eigenvalue weighted by Gasteiger charge is 2.30. The first-order valence-electron chi connectivity index (χ1n) is 10.3. The van der Waals surface area contributed by atoms with Gasteiger partial charge in [-0.2, -0.15) is 18.2 Å². The molecule has 0 spiro atoms. The highest BCUT2D eigenvalue weighted by atomic mass is 19.4. The van der Waals surface area contributed by atoms with Crippen molar-refractivity contribution in [1.82, 2.24) is 19.4 Å². The van der Waals surface area contributed by atoms with E-state index in [1.54, 1.807) is 12.3 Å². The van der Waals surface area contributed by atoms with Crippen LogP contribution in [0.3, 0.4) is 0 Å². The van der Waals surface area contributed by atoms with Gasteiger partial charge in [0.2, 0.25) is 0 Å². The molecule has 0 unspecified atom stereocenters. The smallest absolute Gasteiger partial charge is 0.416 e. The van der Waals surface area contributed by atoms with Crippen LogP contribution in [0.4, 0.5) is 13.2 Å². The molecule has 1 N–H and O–H groups in total. The topological polar surface area (TPSA) is 51.9 Å².